The van der Waals surface area contributed by atoms with Crippen LogP contribution in [-0.2, 0) is 10.2 Å². The molecular formula is C16H25ClN2O. The van der Waals surface area contributed by atoms with Crippen LogP contribution in [0.3, 0.4) is 0 Å². The van der Waals surface area contributed by atoms with Gasteiger partial charge in [-0.15, -0.1) is 0 Å². The number of carbonyl (C=O) groups excluding carboxylic acids is 1. The molecule has 3 nitrogen and oxygen atoms in total. The lowest BCUT2D eigenvalue weighted by atomic mass is 9.84. The van der Waals surface area contributed by atoms with E-state index in [0.717, 1.165) is 5.56 Å². The van der Waals surface area contributed by atoms with Crippen molar-refractivity contribution in [3.05, 3.63) is 34.9 Å². The van der Waals surface area contributed by atoms with Gasteiger partial charge in [0, 0.05) is 17.0 Å². The minimum absolute atomic E-state index is 0.0891. The van der Waals surface area contributed by atoms with E-state index in [1.54, 1.807) is 0 Å². The number of halogens is 1. The van der Waals surface area contributed by atoms with Crippen LogP contribution in [0.1, 0.15) is 39.7 Å². The third-order valence-corrected chi connectivity index (χ3v) is 3.61. The van der Waals surface area contributed by atoms with Gasteiger partial charge in [0.25, 0.3) is 0 Å². The van der Waals surface area contributed by atoms with Crippen LogP contribution >= 0.6 is 11.6 Å². The maximum absolute atomic E-state index is 12.0. The normalized spacial score (nSPS) is 13.3. The molecule has 0 aliphatic rings. The highest BCUT2D eigenvalue weighted by atomic mass is 35.5. The molecule has 0 aliphatic carbocycles. The first-order chi connectivity index (χ1) is 9.22. The summed E-state index contributed by atoms with van der Waals surface area (Å²) in [5, 5.41) is 3.65. The monoisotopic (exact) mass is 296 g/mol. The lowest BCUT2D eigenvalue weighted by Crippen LogP contribution is -2.45. The van der Waals surface area contributed by atoms with E-state index in [-0.39, 0.29) is 11.3 Å². The van der Waals surface area contributed by atoms with Crippen molar-refractivity contribution in [1.82, 2.24) is 5.32 Å². The lowest BCUT2D eigenvalue weighted by Gasteiger charge is -2.27. The Morgan fingerprint density at radius 3 is 2.60 bits per heavy atom. The number of benzene rings is 1. The van der Waals surface area contributed by atoms with Gasteiger partial charge in [0.2, 0.25) is 5.91 Å². The smallest absolute Gasteiger partial charge is 0.236 e. The molecule has 0 aromatic heterocycles. The van der Waals surface area contributed by atoms with E-state index in [9.17, 15) is 4.79 Å². The van der Waals surface area contributed by atoms with Crippen molar-refractivity contribution in [3.63, 3.8) is 0 Å². The Labute approximate surface area is 126 Å². The van der Waals surface area contributed by atoms with Gasteiger partial charge < -0.3 is 11.1 Å². The minimum atomic E-state index is -0.440. The highest BCUT2D eigenvalue weighted by molar-refractivity contribution is 6.30. The highest BCUT2D eigenvalue weighted by Crippen LogP contribution is 2.24. The van der Waals surface area contributed by atoms with E-state index in [1.165, 1.54) is 0 Å². The predicted octanol–water partition coefficient (Wildman–Crippen LogP) is 3.11. The molecule has 112 valence electrons. The number of hydrogen-bond donors (Lipinski definition) is 2. The van der Waals surface area contributed by atoms with Crippen LogP contribution in [0.25, 0.3) is 0 Å². The summed E-state index contributed by atoms with van der Waals surface area (Å²) in [6.07, 6.45) is 0.698. The Kier molecular flexibility index (Phi) is 6.03. The van der Waals surface area contributed by atoms with Crippen LogP contribution in [-0.4, -0.2) is 18.5 Å². The zero-order valence-electron chi connectivity index (χ0n) is 12.7. The molecule has 3 N–H and O–H groups in total. The Bertz CT molecular complexity index is 458. The average molecular weight is 297 g/mol. The first kappa shape index (κ1) is 17.0. The van der Waals surface area contributed by atoms with Gasteiger partial charge in [-0.1, -0.05) is 51.4 Å². The number of nitrogens with two attached hydrogens (primary N) is 1. The molecule has 0 unspecified atom stereocenters. The molecule has 4 heteroatoms. The molecule has 1 amide bonds. The van der Waals surface area contributed by atoms with E-state index in [4.69, 9.17) is 17.3 Å². The highest BCUT2D eigenvalue weighted by Gasteiger charge is 2.23. The molecule has 0 aliphatic heterocycles. The first-order valence-corrected chi connectivity index (χ1v) is 7.39. The molecule has 20 heavy (non-hydrogen) atoms. The molecule has 1 rings (SSSR count). The van der Waals surface area contributed by atoms with Crippen LogP contribution in [0.15, 0.2) is 24.3 Å². The summed E-state index contributed by atoms with van der Waals surface area (Å²) in [7, 11) is 0. The molecule has 0 saturated carbocycles. The SMILES string of the molecule is CC(C)C[C@H](N)C(=O)NCC(C)(C)c1cccc(Cl)c1. The zero-order valence-corrected chi connectivity index (χ0v) is 13.5. The molecular weight excluding hydrogens is 272 g/mol. The summed E-state index contributed by atoms with van der Waals surface area (Å²) in [5.41, 5.74) is 6.79. The van der Waals surface area contributed by atoms with Gasteiger partial charge in [-0.2, -0.15) is 0 Å². The topological polar surface area (TPSA) is 55.1 Å². The van der Waals surface area contributed by atoms with Crippen LogP contribution in [0.5, 0.6) is 0 Å². The van der Waals surface area contributed by atoms with Crippen molar-refractivity contribution in [2.24, 2.45) is 11.7 Å². The standard InChI is InChI=1S/C16H25ClN2O/c1-11(2)8-14(18)15(20)19-10-16(3,4)12-6-5-7-13(17)9-12/h5-7,9,11,14H,8,10,18H2,1-4H3,(H,19,20)/t14-/m0/s1. The molecule has 0 fully saturated rings. The number of nitrogens with one attached hydrogen (secondary N) is 1. The summed E-state index contributed by atoms with van der Waals surface area (Å²) in [6.45, 7) is 8.81. The van der Waals surface area contributed by atoms with E-state index >= 15 is 0 Å². The minimum Gasteiger partial charge on any atom is -0.354 e. The fourth-order valence-electron chi connectivity index (χ4n) is 2.07. The maximum atomic E-state index is 12.0. The van der Waals surface area contributed by atoms with Gasteiger partial charge in [0.15, 0.2) is 0 Å². The van der Waals surface area contributed by atoms with E-state index in [1.807, 2.05) is 24.3 Å². The Balaban J connectivity index is 2.61. The van der Waals surface area contributed by atoms with E-state index in [0.29, 0.717) is 23.9 Å². The molecule has 0 radical (unpaired) electrons. The van der Waals surface area contributed by atoms with Crippen molar-refractivity contribution in [2.45, 2.75) is 45.6 Å². The summed E-state index contributed by atoms with van der Waals surface area (Å²) >= 11 is 6.01. The Morgan fingerprint density at radius 1 is 1.40 bits per heavy atom. The second kappa shape index (κ2) is 7.09. The fourth-order valence-corrected chi connectivity index (χ4v) is 2.26. The van der Waals surface area contributed by atoms with Gasteiger partial charge in [-0.05, 0) is 30.0 Å². The lowest BCUT2D eigenvalue weighted by molar-refractivity contribution is -0.122. The van der Waals surface area contributed by atoms with Gasteiger partial charge in [0.05, 0.1) is 6.04 Å². The predicted molar refractivity (Wildman–Crippen MR) is 84.9 cm³/mol. The number of hydrogen-bond acceptors (Lipinski definition) is 2. The summed E-state index contributed by atoms with van der Waals surface area (Å²) in [6, 6.07) is 7.28. The molecule has 0 saturated heterocycles. The number of amides is 1. The summed E-state index contributed by atoms with van der Waals surface area (Å²) in [4.78, 5) is 12.0. The molecule has 0 spiro atoms. The second-order valence-electron chi connectivity index (χ2n) is 6.35. The molecule has 1 atom stereocenters. The maximum Gasteiger partial charge on any atom is 0.236 e. The van der Waals surface area contributed by atoms with Gasteiger partial charge in [-0.25, -0.2) is 0 Å². The average Bonchev–Trinajstić information content (AvgIpc) is 2.35. The molecule has 1 aromatic rings. The van der Waals surface area contributed by atoms with Crippen molar-refractivity contribution >= 4 is 17.5 Å². The molecule has 0 bridgehead atoms. The van der Waals surface area contributed by atoms with Gasteiger partial charge in [-0.3, -0.25) is 4.79 Å². The third kappa shape index (κ3) is 5.14. The summed E-state index contributed by atoms with van der Waals surface area (Å²) in [5.74, 6) is 0.325. The van der Waals surface area contributed by atoms with Gasteiger partial charge >= 0.3 is 0 Å². The van der Waals surface area contributed by atoms with Crippen molar-refractivity contribution < 1.29 is 4.79 Å². The van der Waals surface area contributed by atoms with E-state index in [2.05, 4.69) is 33.0 Å². The molecule has 0 heterocycles. The second-order valence-corrected chi connectivity index (χ2v) is 6.78. The molecule has 1 aromatic carbocycles. The number of carbonyl (C=O) groups is 1. The fraction of sp³-hybridized carbons (Fsp3) is 0.562. The Morgan fingerprint density at radius 2 is 2.05 bits per heavy atom. The summed E-state index contributed by atoms with van der Waals surface area (Å²) < 4.78 is 0. The van der Waals surface area contributed by atoms with Crippen molar-refractivity contribution in [3.8, 4) is 0 Å². The van der Waals surface area contributed by atoms with Crippen LogP contribution < -0.4 is 11.1 Å². The van der Waals surface area contributed by atoms with Crippen LogP contribution in [0.2, 0.25) is 5.02 Å². The zero-order chi connectivity index (χ0) is 15.3. The van der Waals surface area contributed by atoms with Crippen LogP contribution in [0, 0.1) is 5.92 Å². The van der Waals surface area contributed by atoms with Gasteiger partial charge in [0.1, 0.15) is 0 Å². The van der Waals surface area contributed by atoms with Crippen molar-refractivity contribution in [1.29, 1.82) is 0 Å². The Hall–Kier alpha value is -1.06. The third-order valence-electron chi connectivity index (χ3n) is 3.37. The number of rotatable bonds is 6. The van der Waals surface area contributed by atoms with Crippen molar-refractivity contribution in [2.75, 3.05) is 6.54 Å². The largest absolute Gasteiger partial charge is 0.354 e. The first-order valence-electron chi connectivity index (χ1n) is 7.01. The van der Waals surface area contributed by atoms with E-state index < -0.39 is 6.04 Å². The quantitative estimate of drug-likeness (QED) is 0.847. The van der Waals surface area contributed by atoms with Crippen LogP contribution in [0.4, 0.5) is 0 Å².